The van der Waals surface area contributed by atoms with Crippen LogP contribution >= 0.6 is 0 Å². The molecule has 12 fully saturated rings. The third-order valence-corrected chi connectivity index (χ3v) is 24.1. The third-order valence-electron chi connectivity index (χ3n) is 15.4. The Balaban J connectivity index is 1.07. The van der Waals surface area contributed by atoms with Crippen LogP contribution in [-0.4, -0.2) is 79.6 Å². The van der Waals surface area contributed by atoms with Gasteiger partial charge in [-0.1, -0.05) is 0 Å². The summed E-state index contributed by atoms with van der Waals surface area (Å²) in [5, 5.41) is -19.2. The molecule has 0 unspecified atom stereocenters. The van der Waals surface area contributed by atoms with Gasteiger partial charge >= 0.3 is 33.7 Å². The number of alkyl halides is 6. The van der Waals surface area contributed by atoms with Crippen LogP contribution in [0.1, 0.15) is 116 Å². The maximum Gasteiger partial charge on any atom is 0.442 e. The van der Waals surface area contributed by atoms with Crippen LogP contribution in [0.25, 0.3) is 0 Å². The monoisotopic (exact) mass is 892 g/mol. The molecule has 12 aliphatic carbocycles. The summed E-state index contributed by atoms with van der Waals surface area (Å²) in [4.78, 5) is 39.8. The van der Waals surface area contributed by atoms with Crippen molar-refractivity contribution in [1.29, 1.82) is 0 Å². The maximum absolute atomic E-state index is 16.2. The number of hydrogen-bond acceptors (Lipinski definition) is 12. The van der Waals surface area contributed by atoms with Gasteiger partial charge in [0.2, 0.25) is 0 Å². The van der Waals surface area contributed by atoms with Gasteiger partial charge in [-0.15, -0.1) is 0 Å². The van der Waals surface area contributed by atoms with Gasteiger partial charge in [-0.3, -0.25) is 0 Å². The van der Waals surface area contributed by atoms with Gasteiger partial charge in [0.25, 0.3) is 33.4 Å². The fourth-order valence-corrected chi connectivity index (χ4v) is 22.2. The van der Waals surface area contributed by atoms with Gasteiger partial charge in [-0.25, -0.2) is 39.6 Å². The van der Waals surface area contributed by atoms with Crippen molar-refractivity contribution < 1.29 is 80.2 Å². The summed E-state index contributed by atoms with van der Waals surface area (Å²) in [5.41, 5.74) is -5.10. The number of esters is 3. The van der Waals surface area contributed by atoms with Gasteiger partial charge in [0.1, 0.15) is 16.8 Å². The van der Waals surface area contributed by atoms with Crippen LogP contribution in [0.5, 0.6) is 0 Å². The zero-order chi connectivity index (χ0) is 41.9. The van der Waals surface area contributed by atoms with Crippen LogP contribution in [-0.2, 0) is 58.1 Å². The zero-order valence-corrected chi connectivity index (χ0v) is 33.8. The number of sulfone groups is 3. The Morgan fingerprint density at radius 2 is 0.534 bits per heavy atom. The SMILES string of the molecule is O=C(OC12CC3CC(CC(C3)C1)C2)C(F)(F)S(=O)(=O)C(S(=O)(=O)C(F)(F)C(=O)OC12CC3CC(CC(C3)C1)C2)S(=O)(=O)C(F)(F)C(=O)OC12CC3CC(CC(C3)C1)C2. The molecule has 0 atom stereocenters. The molecule has 0 amide bonds. The van der Waals surface area contributed by atoms with Gasteiger partial charge in [-0.05, 0) is 169 Å². The van der Waals surface area contributed by atoms with Crippen LogP contribution in [0.15, 0.2) is 0 Å². The molecule has 12 nitrogen and oxygen atoms in total. The minimum Gasteiger partial charge on any atom is -0.454 e. The highest BCUT2D eigenvalue weighted by atomic mass is 32.3. The first-order valence-electron chi connectivity index (χ1n) is 20.2. The van der Waals surface area contributed by atoms with Crippen molar-refractivity contribution in [2.24, 2.45) is 53.3 Å². The summed E-state index contributed by atoms with van der Waals surface area (Å²) in [7, 11) is -24.0. The Morgan fingerprint density at radius 1 is 0.379 bits per heavy atom. The molecule has 326 valence electrons. The number of rotatable bonds is 12. The first kappa shape index (κ1) is 41.2. The smallest absolute Gasteiger partial charge is 0.442 e. The lowest BCUT2D eigenvalue weighted by atomic mass is 9.54. The highest BCUT2D eigenvalue weighted by molar-refractivity contribution is 8.25. The Morgan fingerprint density at radius 3 is 0.690 bits per heavy atom. The van der Waals surface area contributed by atoms with E-state index in [0.717, 1.165) is 0 Å². The molecule has 12 rings (SSSR count). The van der Waals surface area contributed by atoms with E-state index < -0.39 is 83.9 Å². The summed E-state index contributed by atoms with van der Waals surface area (Å²) in [6, 6.07) is 0. The number of carbonyl (C=O) groups is 3. The molecule has 12 aliphatic rings. The molecule has 12 saturated carbocycles. The van der Waals surface area contributed by atoms with E-state index >= 15 is 26.3 Å². The van der Waals surface area contributed by atoms with Crippen molar-refractivity contribution in [1.82, 2.24) is 0 Å². The molecule has 0 aromatic carbocycles. The maximum atomic E-state index is 16.2. The van der Waals surface area contributed by atoms with Gasteiger partial charge in [0.15, 0.2) is 0 Å². The summed E-state index contributed by atoms with van der Waals surface area (Å²) in [6.45, 7) is 0. The predicted octanol–water partition coefficient (Wildman–Crippen LogP) is 5.83. The predicted molar refractivity (Wildman–Crippen MR) is 186 cm³/mol. The minimum absolute atomic E-state index is 0.00956. The van der Waals surface area contributed by atoms with Crippen molar-refractivity contribution in [3.05, 3.63) is 0 Å². The van der Waals surface area contributed by atoms with Crippen molar-refractivity contribution in [3.63, 3.8) is 0 Å². The quantitative estimate of drug-likeness (QED) is 0.130. The van der Waals surface area contributed by atoms with Gasteiger partial charge in [-0.2, -0.15) is 26.3 Å². The van der Waals surface area contributed by atoms with E-state index in [0.29, 0.717) is 57.8 Å². The molecule has 0 spiro atoms. The molecule has 12 bridgehead atoms. The molecular weight excluding hydrogens is 847 g/mol. The molecule has 0 aliphatic heterocycles. The molecule has 0 saturated heterocycles. The average molecular weight is 893 g/mol. The largest absolute Gasteiger partial charge is 0.454 e. The van der Waals surface area contributed by atoms with Crippen LogP contribution in [0.4, 0.5) is 26.3 Å². The average Bonchev–Trinajstić information content (AvgIpc) is 3.05. The fourth-order valence-electron chi connectivity index (χ4n) is 14.4. The Bertz CT molecular complexity index is 1790. The standard InChI is InChI=1S/C37H46F6O12S3/c38-35(39,28(44)53-32-10-19-1-20(11-32)3-21(2-19)12-32)56(47,48)31(57(49,50)36(40,41)29(45)54-33-13-22-4-23(14-33)6-24(5-22)15-33)58(51,52)37(42,43)30(46)55-34-16-25-7-26(17-34)9-27(8-25)18-34/h19-27,31H,1-18H2. The fraction of sp³-hybridized carbons (Fsp3) is 0.919. The second-order valence-electron chi connectivity index (χ2n) is 19.9. The van der Waals surface area contributed by atoms with E-state index in [-0.39, 0.29) is 111 Å². The lowest BCUT2D eigenvalue weighted by molar-refractivity contribution is -0.201. The van der Waals surface area contributed by atoms with Crippen LogP contribution in [0.2, 0.25) is 0 Å². The normalized spacial score (nSPS) is 42.0. The van der Waals surface area contributed by atoms with E-state index in [4.69, 9.17) is 14.2 Å². The van der Waals surface area contributed by atoms with Crippen molar-refractivity contribution in [3.8, 4) is 0 Å². The summed E-state index contributed by atoms with van der Waals surface area (Å²) in [5.74, 6) is -10.2. The molecule has 0 N–H and O–H groups in total. The Labute approximate surface area is 332 Å². The molecule has 58 heavy (non-hydrogen) atoms. The lowest BCUT2D eigenvalue weighted by Gasteiger charge is -2.55. The topological polar surface area (TPSA) is 181 Å². The van der Waals surface area contributed by atoms with Crippen molar-refractivity contribution >= 4 is 47.4 Å². The van der Waals surface area contributed by atoms with Gasteiger partial charge in [0.05, 0.1) is 0 Å². The summed E-state index contributed by atoms with van der Waals surface area (Å²) < 4.78 is 190. The van der Waals surface area contributed by atoms with E-state index in [2.05, 4.69) is 0 Å². The summed E-state index contributed by atoms with van der Waals surface area (Å²) >= 11 is 0. The number of halogens is 6. The van der Waals surface area contributed by atoms with Crippen LogP contribution < -0.4 is 0 Å². The molecule has 0 aromatic rings. The van der Waals surface area contributed by atoms with Gasteiger partial charge < -0.3 is 14.2 Å². The van der Waals surface area contributed by atoms with Crippen LogP contribution in [0.3, 0.4) is 0 Å². The van der Waals surface area contributed by atoms with E-state index in [9.17, 15) is 39.6 Å². The van der Waals surface area contributed by atoms with E-state index in [1.807, 2.05) is 0 Å². The molecule has 0 heterocycles. The van der Waals surface area contributed by atoms with Gasteiger partial charge in [0, 0.05) is 0 Å². The van der Waals surface area contributed by atoms with E-state index in [1.54, 1.807) is 0 Å². The number of ether oxygens (including phenoxy) is 3. The molecule has 0 aromatic heterocycles. The highest BCUT2D eigenvalue weighted by Crippen LogP contribution is 2.60. The second-order valence-corrected chi connectivity index (χ2v) is 27.1. The first-order chi connectivity index (χ1) is 26.7. The molecular formula is C37H46F6O12S3. The highest BCUT2D eigenvalue weighted by Gasteiger charge is 2.78. The minimum atomic E-state index is -8.00. The Kier molecular flexibility index (Phi) is 9.03. The third kappa shape index (κ3) is 6.11. The molecule has 0 radical (unpaired) electrons. The second kappa shape index (κ2) is 12.7. The molecule has 21 heteroatoms. The lowest BCUT2D eigenvalue weighted by Crippen LogP contribution is -2.62. The van der Waals surface area contributed by atoms with Crippen molar-refractivity contribution in [2.75, 3.05) is 0 Å². The zero-order valence-electron chi connectivity index (χ0n) is 31.4. The summed E-state index contributed by atoms with van der Waals surface area (Å²) in [6.07, 6.45) is 5.84. The number of hydrogen-bond donors (Lipinski definition) is 0. The van der Waals surface area contributed by atoms with Crippen LogP contribution in [0, 0.1) is 53.3 Å². The Hall–Kier alpha value is -2.16. The van der Waals surface area contributed by atoms with E-state index in [1.165, 1.54) is 0 Å². The first-order valence-corrected chi connectivity index (χ1v) is 24.9. The van der Waals surface area contributed by atoms with Crippen molar-refractivity contribution in [2.45, 2.75) is 152 Å². The number of carbonyl (C=O) groups excluding carboxylic acids is 3.